The van der Waals surface area contributed by atoms with Gasteiger partial charge in [0, 0.05) is 31.3 Å². The van der Waals surface area contributed by atoms with Crippen LogP contribution < -0.4 is 10.2 Å². The quantitative estimate of drug-likeness (QED) is 0.550. The molecule has 1 amide bonds. The molecular formula is C22H28N4O4. The predicted octanol–water partition coefficient (Wildman–Crippen LogP) is 3.75. The van der Waals surface area contributed by atoms with E-state index in [1.807, 2.05) is 17.0 Å². The summed E-state index contributed by atoms with van der Waals surface area (Å²) in [6.07, 6.45) is 7.13. The number of nitro benzene ring substituents is 1. The molecule has 1 unspecified atom stereocenters. The maximum atomic E-state index is 12.8. The minimum Gasteiger partial charge on any atom is -0.468 e. The summed E-state index contributed by atoms with van der Waals surface area (Å²) in [5.41, 5.74) is 0.899. The Bertz CT molecular complexity index is 871. The largest absolute Gasteiger partial charge is 0.468 e. The third-order valence-corrected chi connectivity index (χ3v) is 6.04. The number of piperidine rings is 1. The summed E-state index contributed by atoms with van der Waals surface area (Å²) >= 11 is 0. The molecule has 4 rings (SSSR count). The molecule has 2 aliphatic rings. The first-order valence-electron chi connectivity index (χ1n) is 10.7. The Morgan fingerprint density at radius 1 is 1.10 bits per heavy atom. The molecule has 0 aliphatic carbocycles. The molecule has 2 aliphatic heterocycles. The van der Waals surface area contributed by atoms with Crippen molar-refractivity contribution in [3.8, 4) is 0 Å². The summed E-state index contributed by atoms with van der Waals surface area (Å²) in [6, 6.07) is 8.54. The van der Waals surface area contributed by atoms with Crippen molar-refractivity contribution in [3.63, 3.8) is 0 Å². The highest BCUT2D eigenvalue weighted by Gasteiger charge is 2.27. The van der Waals surface area contributed by atoms with Crippen molar-refractivity contribution < 1.29 is 14.1 Å². The van der Waals surface area contributed by atoms with Gasteiger partial charge in [0.25, 0.3) is 11.6 Å². The number of benzene rings is 1. The van der Waals surface area contributed by atoms with Gasteiger partial charge in [-0.2, -0.15) is 0 Å². The zero-order valence-corrected chi connectivity index (χ0v) is 17.1. The summed E-state index contributed by atoms with van der Waals surface area (Å²) in [7, 11) is 0. The number of rotatable bonds is 7. The SMILES string of the molecule is O=C(NCC(c1ccco1)N1CCCC1)c1ccc(N2CCCCC2)c([N+](=O)[O-])c1. The average molecular weight is 412 g/mol. The van der Waals surface area contributed by atoms with Crippen LogP contribution in [0.3, 0.4) is 0 Å². The van der Waals surface area contributed by atoms with Crippen LogP contribution in [-0.4, -0.2) is 48.5 Å². The van der Waals surface area contributed by atoms with Gasteiger partial charge in [0.05, 0.1) is 17.2 Å². The summed E-state index contributed by atoms with van der Waals surface area (Å²) < 4.78 is 5.59. The fraction of sp³-hybridized carbons (Fsp3) is 0.500. The van der Waals surface area contributed by atoms with Gasteiger partial charge in [0.15, 0.2) is 0 Å². The predicted molar refractivity (Wildman–Crippen MR) is 114 cm³/mol. The lowest BCUT2D eigenvalue weighted by Crippen LogP contribution is -2.36. The lowest BCUT2D eigenvalue weighted by molar-refractivity contribution is -0.384. The summed E-state index contributed by atoms with van der Waals surface area (Å²) in [5.74, 6) is 0.516. The molecule has 160 valence electrons. The molecule has 1 aromatic carbocycles. The topological polar surface area (TPSA) is 91.9 Å². The Kier molecular flexibility index (Phi) is 6.32. The Labute approximate surface area is 176 Å². The first-order chi connectivity index (χ1) is 14.6. The van der Waals surface area contributed by atoms with E-state index in [0.29, 0.717) is 17.8 Å². The number of nitrogens with one attached hydrogen (secondary N) is 1. The number of nitro groups is 1. The normalized spacial score (nSPS) is 18.3. The Morgan fingerprint density at radius 3 is 2.50 bits per heavy atom. The van der Waals surface area contributed by atoms with Crippen LogP contribution in [0.1, 0.15) is 54.3 Å². The fourth-order valence-electron chi connectivity index (χ4n) is 4.45. The molecule has 1 N–H and O–H groups in total. The van der Waals surface area contributed by atoms with Crippen LogP contribution in [0.4, 0.5) is 11.4 Å². The molecule has 1 atom stereocenters. The molecule has 30 heavy (non-hydrogen) atoms. The van der Waals surface area contributed by atoms with Crippen LogP contribution in [0, 0.1) is 10.1 Å². The van der Waals surface area contributed by atoms with Crippen LogP contribution >= 0.6 is 0 Å². The van der Waals surface area contributed by atoms with Crippen molar-refractivity contribution >= 4 is 17.3 Å². The highest BCUT2D eigenvalue weighted by atomic mass is 16.6. The Morgan fingerprint density at radius 2 is 1.83 bits per heavy atom. The van der Waals surface area contributed by atoms with Crippen LogP contribution in [0.25, 0.3) is 0 Å². The Balaban J connectivity index is 1.48. The number of amides is 1. The summed E-state index contributed by atoms with van der Waals surface area (Å²) in [5, 5.41) is 14.6. The van der Waals surface area contributed by atoms with Gasteiger partial charge in [0.2, 0.25) is 0 Å². The Hall–Kier alpha value is -2.87. The minimum absolute atomic E-state index is 0.00771. The van der Waals surface area contributed by atoms with Crippen molar-refractivity contribution in [1.29, 1.82) is 0 Å². The first kappa shape index (κ1) is 20.4. The molecule has 8 nitrogen and oxygen atoms in total. The van der Waals surface area contributed by atoms with Crippen LogP contribution in [0.2, 0.25) is 0 Å². The van der Waals surface area contributed by atoms with E-state index in [-0.39, 0.29) is 17.6 Å². The number of furan rings is 1. The first-order valence-corrected chi connectivity index (χ1v) is 10.7. The van der Waals surface area contributed by atoms with E-state index >= 15 is 0 Å². The molecule has 2 aromatic rings. The number of likely N-dealkylation sites (tertiary alicyclic amines) is 1. The summed E-state index contributed by atoms with van der Waals surface area (Å²) in [6.45, 7) is 3.96. The third-order valence-electron chi connectivity index (χ3n) is 6.04. The number of hydrogen-bond acceptors (Lipinski definition) is 6. The smallest absolute Gasteiger partial charge is 0.293 e. The van der Waals surface area contributed by atoms with Gasteiger partial charge in [-0.3, -0.25) is 19.8 Å². The lowest BCUT2D eigenvalue weighted by Gasteiger charge is -2.28. The monoisotopic (exact) mass is 412 g/mol. The number of hydrogen-bond donors (Lipinski definition) is 1. The van der Waals surface area contributed by atoms with Gasteiger partial charge in [0.1, 0.15) is 11.4 Å². The van der Waals surface area contributed by atoms with E-state index in [4.69, 9.17) is 4.42 Å². The molecular weight excluding hydrogens is 384 g/mol. The van der Waals surface area contributed by atoms with Crippen molar-refractivity contribution in [3.05, 3.63) is 58.0 Å². The molecule has 2 fully saturated rings. The average Bonchev–Trinajstić information content (AvgIpc) is 3.49. The number of carbonyl (C=O) groups excluding carboxylic acids is 1. The highest BCUT2D eigenvalue weighted by Crippen LogP contribution is 2.31. The standard InChI is InChI=1S/C22H28N4O4/c27-22(23-16-20(21-7-6-14-30-21)25-12-4-5-13-25)17-8-9-18(19(15-17)26(28)29)24-10-2-1-3-11-24/h6-9,14-15,20H,1-5,10-13,16H2,(H,23,27). The number of carbonyl (C=O) groups is 1. The van der Waals surface area contributed by atoms with Crippen molar-refractivity contribution in [2.24, 2.45) is 0 Å². The van der Waals surface area contributed by atoms with Crippen molar-refractivity contribution in [1.82, 2.24) is 10.2 Å². The maximum Gasteiger partial charge on any atom is 0.293 e. The fourth-order valence-corrected chi connectivity index (χ4v) is 4.45. The summed E-state index contributed by atoms with van der Waals surface area (Å²) in [4.78, 5) is 28.4. The second kappa shape index (κ2) is 9.30. The van der Waals surface area contributed by atoms with E-state index in [0.717, 1.165) is 64.0 Å². The molecule has 0 spiro atoms. The molecule has 2 saturated heterocycles. The molecule has 8 heteroatoms. The van der Waals surface area contributed by atoms with Gasteiger partial charge >= 0.3 is 0 Å². The van der Waals surface area contributed by atoms with E-state index in [1.54, 1.807) is 18.4 Å². The third kappa shape index (κ3) is 4.48. The second-order valence-corrected chi connectivity index (χ2v) is 7.99. The molecule has 1 aromatic heterocycles. The van der Waals surface area contributed by atoms with E-state index in [1.165, 1.54) is 6.07 Å². The molecule has 0 saturated carbocycles. The van der Waals surface area contributed by atoms with Crippen LogP contribution in [-0.2, 0) is 0 Å². The van der Waals surface area contributed by atoms with Crippen molar-refractivity contribution in [2.75, 3.05) is 37.6 Å². The number of nitrogens with zero attached hydrogens (tertiary/aromatic N) is 3. The van der Waals surface area contributed by atoms with Gasteiger partial charge < -0.3 is 14.6 Å². The molecule has 0 radical (unpaired) electrons. The van der Waals surface area contributed by atoms with Gasteiger partial charge in [-0.25, -0.2) is 0 Å². The van der Waals surface area contributed by atoms with Gasteiger partial charge in [-0.05, 0) is 69.5 Å². The highest BCUT2D eigenvalue weighted by molar-refractivity contribution is 5.95. The zero-order valence-electron chi connectivity index (χ0n) is 17.1. The van der Waals surface area contributed by atoms with E-state index in [9.17, 15) is 14.9 Å². The zero-order chi connectivity index (χ0) is 20.9. The van der Waals surface area contributed by atoms with E-state index in [2.05, 4.69) is 10.2 Å². The molecule has 0 bridgehead atoms. The van der Waals surface area contributed by atoms with Gasteiger partial charge in [-0.15, -0.1) is 0 Å². The second-order valence-electron chi connectivity index (χ2n) is 7.99. The molecule has 3 heterocycles. The van der Waals surface area contributed by atoms with Crippen LogP contribution in [0.5, 0.6) is 0 Å². The van der Waals surface area contributed by atoms with Crippen LogP contribution in [0.15, 0.2) is 41.0 Å². The van der Waals surface area contributed by atoms with Crippen molar-refractivity contribution in [2.45, 2.75) is 38.1 Å². The number of anilines is 1. The minimum atomic E-state index is -0.392. The maximum absolute atomic E-state index is 12.8. The lowest BCUT2D eigenvalue weighted by atomic mass is 10.1. The van der Waals surface area contributed by atoms with Gasteiger partial charge in [-0.1, -0.05) is 0 Å². The van der Waals surface area contributed by atoms with E-state index < -0.39 is 4.92 Å².